The van der Waals surface area contributed by atoms with Gasteiger partial charge < -0.3 is 10.4 Å². The lowest BCUT2D eigenvalue weighted by Gasteiger charge is -2.31. The molecule has 1 fully saturated rings. The zero-order chi connectivity index (χ0) is 22.3. The van der Waals surface area contributed by atoms with Crippen LogP contribution >= 0.6 is 11.3 Å². The van der Waals surface area contributed by atoms with Crippen molar-refractivity contribution in [3.8, 4) is 23.0 Å². The highest BCUT2D eigenvalue weighted by Gasteiger charge is 2.26. The van der Waals surface area contributed by atoms with Gasteiger partial charge in [-0.3, -0.25) is 9.69 Å². The summed E-state index contributed by atoms with van der Waals surface area (Å²) in [6.45, 7) is 4.56. The molecule has 4 rings (SSSR count). The van der Waals surface area contributed by atoms with E-state index in [9.17, 15) is 4.79 Å². The Morgan fingerprint density at radius 2 is 1.97 bits per heavy atom. The van der Waals surface area contributed by atoms with Gasteiger partial charge in [0.05, 0.1) is 10.8 Å². The number of carbonyl (C=O) groups is 1. The molecule has 0 bridgehead atoms. The molecule has 0 unspecified atom stereocenters. The third kappa shape index (κ3) is 5.86. The summed E-state index contributed by atoms with van der Waals surface area (Å²) in [4.78, 5) is 17.6. The van der Waals surface area contributed by atoms with Gasteiger partial charge in [0.25, 0.3) is 0 Å². The summed E-state index contributed by atoms with van der Waals surface area (Å²) in [6.07, 6.45) is 1.93. The maximum atomic E-state index is 13.0. The maximum absolute atomic E-state index is 13.0. The number of nitrogens with zero attached hydrogens (tertiary/aromatic N) is 1. The van der Waals surface area contributed by atoms with E-state index in [1.54, 1.807) is 11.3 Å². The van der Waals surface area contributed by atoms with Crippen molar-refractivity contribution in [1.29, 1.82) is 0 Å². The topological polar surface area (TPSA) is 52.6 Å². The molecular weight excluding hydrogens is 416 g/mol. The molecular formula is C27H28N2O2S. The van der Waals surface area contributed by atoms with Gasteiger partial charge in [-0.05, 0) is 61.7 Å². The van der Waals surface area contributed by atoms with Gasteiger partial charge in [0.1, 0.15) is 6.61 Å². The normalized spacial score (nSPS) is 16.2. The maximum Gasteiger partial charge on any atom is 0.228 e. The molecule has 1 aliphatic heterocycles. The van der Waals surface area contributed by atoms with Crippen LogP contribution in [0.15, 0.2) is 60.7 Å². The number of likely N-dealkylation sites (tertiary alicyclic amines) is 1. The minimum absolute atomic E-state index is 0.0139. The van der Waals surface area contributed by atoms with Crippen LogP contribution in [0.2, 0.25) is 0 Å². The zero-order valence-corrected chi connectivity index (χ0v) is 19.1. The number of carbonyl (C=O) groups excluding carboxylic acids is 1. The molecule has 2 heterocycles. The first-order chi connectivity index (χ1) is 15.6. The van der Waals surface area contributed by atoms with Crippen LogP contribution < -0.4 is 5.32 Å². The molecule has 0 spiro atoms. The molecule has 1 saturated heterocycles. The van der Waals surface area contributed by atoms with Gasteiger partial charge in [-0.2, -0.15) is 0 Å². The van der Waals surface area contributed by atoms with Gasteiger partial charge in [-0.15, -0.1) is 11.3 Å². The second-order valence-corrected chi connectivity index (χ2v) is 9.41. The third-order valence-corrected chi connectivity index (χ3v) is 6.67. The van der Waals surface area contributed by atoms with Gasteiger partial charge >= 0.3 is 0 Å². The summed E-state index contributed by atoms with van der Waals surface area (Å²) in [7, 11) is 0. The summed E-state index contributed by atoms with van der Waals surface area (Å²) in [5.74, 6) is 5.73. The number of aliphatic hydroxyl groups is 1. The van der Waals surface area contributed by atoms with Crippen LogP contribution in [0.5, 0.6) is 0 Å². The van der Waals surface area contributed by atoms with Crippen molar-refractivity contribution in [2.75, 3.05) is 25.0 Å². The molecule has 4 nitrogen and oxygen atoms in total. The van der Waals surface area contributed by atoms with Crippen LogP contribution in [0.4, 0.5) is 5.69 Å². The van der Waals surface area contributed by atoms with E-state index in [2.05, 4.69) is 65.4 Å². The smallest absolute Gasteiger partial charge is 0.228 e. The van der Waals surface area contributed by atoms with Crippen LogP contribution in [-0.4, -0.2) is 35.6 Å². The van der Waals surface area contributed by atoms with E-state index in [0.29, 0.717) is 0 Å². The number of hydrogen-bond donors (Lipinski definition) is 2. The largest absolute Gasteiger partial charge is 0.384 e. The number of amides is 1. The Balaban J connectivity index is 1.37. The molecule has 164 valence electrons. The number of anilines is 1. The number of hydrogen-bond acceptors (Lipinski definition) is 4. The molecule has 32 heavy (non-hydrogen) atoms. The number of thiophene rings is 1. The Kier molecular flexibility index (Phi) is 7.39. The molecule has 1 aliphatic rings. The molecule has 0 saturated carbocycles. The van der Waals surface area contributed by atoms with Crippen LogP contribution in [0.25, 0.3) is 11.1 Å². The van der Waals surface area contributed by atoms with Gasteiger partial charge in [0.2, 0.25) is 5.91 Å². The Labute approximate surface area is 193 Å². The van der Waals surface area contributed by atoms with E-state index in [4.69, 9.17) is 5.11 Å². The summed E-state index contributed by atoms with van der Waals surface area (Å²) in [5, 5.41) is 12.0. The van der Waals surface area contributed by atoms with Crippen molar-refractivity contribution < 1.29 is 9.90 Å². The van der Waals surface area contributed by atoms with Crippen molar-refractivity contribution >= 4 is 22.9 Å². The van der Waals surface area contributed by atoms with E-state index in [-0.39, 0.29) is 18.4 Å². The predicted octanol–water partition coefficient (Wildman–Crippen LogP) is 4.92. The number of nitrogens with one attached hydrogen (secondary N) is 1. The molecule has 5 heteroatoms. The minimum atomic E-state index is -0.121. The predicted molar refractivity (Wildman–Crippen MR) is 132 cm³/mol. The lowest BCUT2D eigenvalue weighted by atomic mass is 9.96. The van der Waals surface area contributed by atoms with Crippen molar-refractivity contribution in [3.05, 3.63) is 76.0 Å². The zero-order valence-electron chi connectivity index (χ0n) is 18.3. The first-order valence-electron chi connectivity index (χ1n) is 11.0. The highest BCUT2D eigenvalue weighted by Crippen LogP contribution is 2.26. The Hall–Kier alpha value is -2.91. The lowest BCUT2D eigenvalue weighted by Crippen LogP contribution is -2.40. The minimum Gasteiger partial charge on any atom is -0.384 e. The molecule has 0 aliphatic carbocycles. The SMILES string of the molecule is Cc1cccc(-c2cccc(NC(=O)[C@H]3CCCN(Cc4ccc(C#CCO)s4)C3)c2)c1. The van der Waals surface area contributed by atoms with E-state index < -0.39 is 0 Å². The van der Waals surface area contributed by atoms with E-state index in [0.717, 1.165) is 54.2 Å². The fraction of sp³-hybridized carbons (Fsp3) is 0.296. The molecule has 2 N–H and O–H groups in total. The second kappa shape index (κ2) is 10.6. The summed E-state index contributed by atoms with van der Waals surface area (Å²) in [5.41, 5.74) is 4.33. The molecule has 1 atom stereocenters. The highest BCUT2D eigenvalue weighted by atomic mass is 32.1. The standard InChI is InChI=1S/C27H28N2O2S/c1-20-6-2-7-21(16-20)22-8-3-10-24(17-22)28-27(31)23-9-4-14-29(18-23)19-26-13-12-25(32-26)11-5-15-30/h2-3,6-8,10,12-13,16-17,23,30H,4,9,14-15,18-19H2,1H3,(H,28,31)/t23-/m0/s1. The van der Waals surface area contributed by atoms with Crippen molar-refractivity contribution in [2.45, 2.75) is 26.3 Å². The summed E-state index contributed by atoms with van der Waals surface area (Å²) in [6, 6.07) is 20.6. The van der Waals surface area contributed by atoms with E-state index in [1.807, 2.05) is 24.3 Å². The van der Waals surface area contributed by atoms with E-state index >= 15 is 0 Å². The average molecular weight is 445 g/mol. The van der Waals surface area contributed by atoms with Crippen molar-refractivity contribution in [1.82, 2.24) is 4.90 Å². The monoisotopic (exact) mass is 444 g/mol. The summed E-state index contributed by atoms with van der Waals surface area (Å²) < 4.78 is 0. The fourth-order valence-electron chi connectivity index (χ4n) is 4.14. The lowest BCUT2D eigenvalue weighted by molar-refractivity contribution is -0.121. The number of rotatable bonds is 5. The van der Waals surface area contributed by atoms with Crippen molar-refractivity contribution in [3.63, 3.8) is 0 Å². The van der Waals surface area contributed by atoms with Crippen LogP contribution in [-0.2, 0) is 11.3 Å². The quantitative estimate of drug-likeness (QED) is 0.550. The number of benzene rings is 2. The fourth-order valence-corrected chi connectivity index (χ4v) is 5.06. The molecule has 0 radical (unpaired) electrons. The average Bonchev–Trinajstić information content (AvgIpc) is 3.25. The van der Waals surface area contributed by atoms with Gasteiger partial charge in [-0.25, -0.2) is 0 Å². The van der Waals surface area contributed by atoms with Gasteiger partial charge in [0, 0.05) is 23.7 Å². The molecule has 1 amide bonds. The van der Waals surface area contributed by atoms with Gasteiger partial charge in [-0.1, -0.05) is 53.8 Å². The summed E-state index contributed by atoms with van der Waals surface area (Å²) >= 11 is 1.65. The van der Waals surface area contributed by atoms with Crippen LogP contribution in [0.1, 0.15) is 28.2 Å². The number of piperidine rings is 1. The van der Waals surface area contributed by atoms with Gasteiger partial charge in [0.15, 0.2) is 0 Å². The third-order valence-electron chi connectivity index (χ3n) is 5.69. The van der Waals surface area contributed by atoms with Crippen LogP contribution in [0.3, 0.4) is 0 Å². The Morgan fingerprint density at radius 3 is 2.78 bits per heavy atom. The second-order valence-electron chi connectivity index (χ2n) is 8.24. The first kappa shape index (κ1) is 22.3. The van der Waals surface area contributed by atoms with Crippen molar-refractivity contribution in [2.24, 2.45) is 5.92 Å². The highest BCUT2D eigenvalue weighted by molar-refractivity contribution is 7.12. The molecule has 2 aromatic carbocycles. The Bertz CT molecular complexity index is 1140. The Morgan fingerprint density at radius 1 is 1.16 bits per heavy atom. The molecule has 1 aromatic heterocycles. The molecule has 3 aromatic rings. The van der Waals surface area contributed by atoms with E-state index in [1.165, 1.54) is 10.4 Å². The number of aryl methyl sites for hydroxylation is 1. The van der Waals surface area contributed by atoms with Crippen LogP contribution in [0, 0.1) is 24.7 Å². The first-order valence-corrected chi connectivity index (χ1v) is 11.8. The number of aliphatic hydroxyl groups excluding tert-OH is 1.